The van der Waals surface area contributed by atoms with Gasteiger partial charge in [0, 0.05) is 5.02 Å². The van der Waals surface area contributed by atoms with E-state index in [0.717, 1.165) is 5.02 Å². The van der Waals surface area contributed by atoms with Crippen LogP contribution in [0.3, 0.4) is 0 Å². The molecule has 0 fully saturated rings. The second kappa shape index (κ2) is 6.06. The fraction of sp³-hybridized carbons (Fsp3) is 0.294. The molecule has 1 unspecified atom stereocenters. The standard InChI is InChI=1S/C17H19Cl/c1-3-4-13(2)14-5-7-15(8-6-14)16-9-11-17(18)12-10-16/h5-13H,3-4H2,1-2H3. The van der Waals surface area contributed by atoms with Gasteiger partial charge in [-0.2, -0.15) is 0 Å². The molecule has 0 nitrogen and oxygen atoms in total. The van der Waals surface area contributed by atoms with Crippen LogP contribution >= 0.6 is 11.6 Å². The molecule has 0 saturated carbocycles. The Morgan fingerprint density at radius 1 is 0.889 bits per heavy atom. The minimum absolute atomic E-state index is 0.647. The molecule has 0 aliphatic heterocycles. The minimum atomic E-state index is 0.647. The predicted molar refractivity (Wildman–Crippen MR) is 80.2 cm³/mol. The molecule has 0 saturated heterocycles. The molecule has 0 bridgehead atoms. The third-order valence-corrected chi connectivity index (χ3v) is 3.63. The van der Waals surface area contributed by atoms with E-state index < -0.39 is 0 Å². The van der Waals surface area contributed by atoms with E-state index in [1.807, 2.05) is 12.1 Å². The van der Waals surface area contributed by atoms with Crippen LogP contribution in [0.2, 0.25) is 5.02 Å². The van der Waals surface area contributed by atoms with Gasteiger partial charge in [0.25, 0.3) is 0 Å². The molecule has 0 spiro atoms. The summed E-state index contributed by atoms with van der Waals surface area (Å²) in [6.45, 7) is 4.53. The van der Waals surface area contributed by atoms with E-state index in [0.29, 0.717) is 5.92 Å². The normalized spacial score (nSPS) is 12.4. The molecule has 18 heavy (non-hydrogen) atoms. The van der Waals surface area contributed by atoms with Gasteiger partial charge in [0.05, 0.1) is 0 Å². The van der Waals surface area contributed by atoms with Gasteiger partial charge in [-0.15, -0.1) is 0 Å². The van der Waals surface area contributed by atoms with E-state index in [2.05, 4.69) is 50.2 Å². The van der Waals surface area contributed by atoms with Crippen molar-refractivity contribution in [2.75, 3.05) is 0 Å². The van der Waals surface area contributed by atoms with E-state index in [9.17, 15) is 0 Å². The first-order chi connectivity index (χ1) is 8.70. The summed E-state index contributed by atoms with van der Waals surface area (Å²) in [6, 6.07) is 16.9. The smallest absolute Gasteiger partial charge is 0.0406 e. The Morgan fingerprint density at radius 2 is 1.39 bits per heavy atom. The van der Waals surface area contributed by atoms with E-state index in [1.165, 1.54) is 29.5 Å². The third-order valence-electron chi connectivity index (χ3n) is 3.38. The van der Waals surface area contributed by atoms with Crippen molar-refractivity contribution in [1.82, 2.24) is 0 Å². The summed E-state index contributed by atoms with van der Waals surface area (Å²) in [4.78, 5) is 0. The van der Waals surface area contributed by atoms with Gasteiger partial charge in [0.1, 0.15) is 0 Å². The van der Waals surface area contributed by atoms with Crippen LogP contribution in [0.1, 0.15) is 38.2 Å². The molecule has 1 atom stereocenters. The van der Waals surface area contributed by atoms with E-state index in [-0.39, 0.29) is 0 Å². The van der Waals surface area contributed by atoms with Gasteiger partial charge in [-0.1, -0.05) is 68.3 Å². The highest BCUT2D eigenvalue weighted by molar-refractivity contribution is 6.30. The van der Waals surface area contributed by atoms with Crippen LogP contribution in [0.25, 0.3) is 11.1 Å². The first-order valence-corrected chi connectivity index (χ1v) is 6.94. The lowest BCUT2D eigenvalue weighted by atomic mass is 9.94. The highest BCUT2D eigenvalue weighted by Gasteiger charge is 2.04. The number of rotatable bonds is 4. The van der Waals surface area contributed by atoms with Crippen molar-refractivity contribution in [3.05, 3.63) is 59.1 Å². The van der Waals surface area contributed by atoms with Gasteiger partial charge in [-0.05, 0) is 41.2 Å². The first kappa shape index (κ1) is 13.2. The molecule has 0 heterocycles. The van der Waals surface area contributed by atoms with Crippen molar-refractivity contribution in [1.29, 1.82) is 0 Å². The number of hydrogen-bond donors (Lipinski definition) is 0. The Bertz CT molecular complexity index is 482. The highest BCUT2D eigenvalue weighted by Crippen LogP contribution is 2.25. The Balaban J connectivity index is 2.19. The summed E-state index contributed by atoms with van der Waals surface area (Å²) in [5.74, 6) is 0.647. The molecule has 0 aromatic heterocycles. The maximum Gasteiger partial charge on any atom is 0.0406 e. The second-order valence-electron chi connectivity index (χ2n) is 4.82. The molecule has 0 amide bonds. The van der Waals surface area contributed by atoms with Gasteiger partial charge in [0.2, 0.25) is 0 Å². The monoisotopic (exact) mass is 258 g/mol. The quantitative estimate of drug-likeness (QED) is 0.639. The van der Waals surface area contributed by atoms with Crippen LogP contribution in [0.15, 0.2) is 48.5 Å². The SMILES string of the molecule is CCCC(C)c1ccc(-c2ccc(Cl)cc2)cc1. The molecule has 0 N–H and O–H groups in total. The first-order valence-electron chi connectivity index (χ1n) is 6.56. The van der Waals surface area contributed by atoms with Crippen LogP contribution in [0, 0.1) is 0 Å². The summed E-state index contributed by atoms with van der Waals surface area (Å²) >= 11 is 5.90. The van der Waals surface area contributed by atoms with Crippen LogP contribution in [-0.2, 0) is 0 Å². The minimum Gasteiger partial charge on any atom is -0.0843 e. The van der Waals surface area contributed by atoms with Gasteiger partial charge in [0.15, 0.2) is 0 Å². The lowest BCUT2D eigenvalue weighted by Crippen LogP contribution is -1.92. The molecule has 94 valence electrons. The Hall–Kier alpha value is -1.27. The maximum absolute atomic E-state index is 5.90. The molecule has 0 radical (unpaired) electrons. The van der Waals surface area contributed by atoms with E-state index >= 15 is 0 Å². The average Bonchev–Trinajstić information content (AvgIpc) is 2.40. The van der Waals surface area contributed by atoms with E-state index in [4.69, 9.17) is 11.6 Å². The Labute approximate surface area is 115 Å². The highest BCUT2D eigenvalue weighted by atomic mass is 35.5. The molecule has 0 aliphatic carbocycles. The maximum atomic E-state index is 5.90. The van der Waals surface area contributed by atoms with Gasteiger partial charge < -0.3 is 0 Å². The lowest BCUT2D eigenvalue weighted by molar-refractivity contribution is 0.665. The van der Waals surface area contributed by atoms with Crippen LogP contribution < -0.4 is 0 Å². The summed E-state index contributed by atoms with van der Waals surface area (Å²) in [5, 5.41) is 0.784. The van der Waals surface area contributed by atoms with Crippen LogP contribution in [0.5, 0.6) is 0 Å². The third kappa shape index (κ3) is 3.14. The summed E-state index contributed by atoms with van der Waals surface area (Å²) in [5.41, 5.74) is 3.89. The van der Waals surface area contributed by atoms with Crippen molar-refractivity contribution in [3.8, 4) is 11.1 Å². The summed E-state index contributed by atoms with van der Waals surface area (Å²) < 4.78 is 0. The lowest BCUT2D eigenvalue weighted by Gasteiger charge is -2.11. The molecule has 2 aromatic carbocycles. The number of hydrogen-bond acceptors (Lipinski definition) is 0. The van der Waals surface area contributed by atoms with Crippen molar-refractivity contribution in [3.63, 3.8) is 0 Å². The van der Waals surface area contributed by atoms with Gasteiger partial charge >= 0.3 is 0 Å². The molecule has 2 rings (SSSR count). The van der Waals surface area contributed by atoms with Crippen molar-refractivity contribution in [2.45, 2.75) is 32.6 Å². The van der Waals surface area contributed by atoms with E-state index in [1.54, 1.807) is 0 Å². The Kier molecular flexibility index (Phi) is 4.43. The molecule has 0 aliphatic rings. The zero-order valence-corrected chi connectivity index (χ0v) is 11.7. The molecular formula is C17H19Cl. The molecule has 1 heteroatoms. The van der Waals surface area contributed by atoms with Gasteiger partial charge in [-0.3, -0.25) is 0 Å². The van der Waals surface area contributed by atoms with Crippen molar-refractivity contribution in [2.24, 2.45) is 0 Å². The number of benzene rings is 2. The number of halogens is 1. The Morgan fingerprint density at radius 3 is 1.89 bits per heavy atom. The van der Waals surface area contributed by atoms with Gasteiger partial charge in [-0.25, -0.2) is 0 Å². The zero-order valence-electron chi connectivity index (χ0n) is 11.0. The van der Waals surface area contributed by atoms with Crippen molar-refractivity contribution >= 4 is 11.6 Å². The van der Waals surface area contributed by atoms with Crippen LogP contribution in [0.4, 0.5) is 0 Å². The fourth-order valence-electron chi connectivity index (χ4n) is 2.25. The molecule has 2 aromatic rings. The summed E-state index contributed by atoms with van der Waals surface area (Å²) in [6.07, 6.45) is 2.49. The fourth-order valence-corrected chi connectivity index (χ4v) is 2.37. The van der Waals surface area contributed by atoms with Crippen LogP contribution in [-0.4, -0.2) is 0 Å². The summed E-state index contributed by atoms with van der Waals surface area (Å²) in [7, 11) is 0. The molecular weight excluding hydrogens is 240 g/mol. The topological polar surface area (TPSA) is 0 Å². The largest absolute Gasteiger partial charge is 0.0843 e. The zero-order chi connectivity index (χ0) is 13.0. The predicted octanol–water partition coefficient (Wildman–Crippen LogP) is 5.91. The average molecular weight is 259 g/mol. The van der Waals surface area contributed by atoms with Crippen molar-refractivity contribution < 1.29 is 0 Å². The second-order valence-corrected chi connectivity index (χ2v) is 5.26.